The third-order valence-electron chi connectivity index (χ3n) is 3.78. The monoisotopic (exact) mass is 402 g/mol. The number of halogens is 1. The molecule has 2 aromatic heterocycles. The maximum Gasteiger partial charge on any atom is 0.230 e. The fourth-order valence-electron chi connectivity index (χ4n) is 2.49. The van der Waals surface area contributed by atoms with E-state index in [-0.39, 0.29) is 12.3 Å². The SMILES string of the molecule is Nc1ccc(CCCCc2nnc(NC(=O)Cc3cccc(Cl)c3)s2)nn1. The van der Waals surface area contributed by atoms with E-state index in [2.05, 4.69) is 25.7 Å². The van der Waals surface area contributed by atoms with Crippen LogP contribution in [0.25, 0.3) is 0 Å². The predicted octanol–water partition coefficient (Wildman–Crippen LogP) is 3.31. The summed E-state index contributed by atoms with van der Waals surface area (Å²) < 4.78 is 0. The van der Waals surface area contributed by atoms with Gasteiger partial charge in [0.05, 0.1) is 12.1 Å². The molecule has 0 bridgehead atoms. The molecule has 27 heavy (non-hydrogen) atoms. The zero-order valence-corrected chi connectivity index (χ0v) is 16.1. The van der Waals surface area contributed by atoms with Gasteiger partial charge in [-0.3, -0.25) is 4.79 Å². The van der Waals surface area contributed by atoms with Gasteiger partial charge in [0.15, 0.2) is 0 Å². The molecule has 3 N–H and O–H groups in total. The molecule has 0 atom stereocenters. The highest BCUT2D eigenvalue weighted by Crippen LogP contribution is 2.18. The lowest BCUT2D eigenvalue weighted by molar-refractivity contribution is -0.115. The molecule has 9 heteroatoms. The molecule has 0 saturated carbocycles. The summed E-state index contributed by atoms with van der Waals surface area (Å²) in [5, 5.41) is 20.9. The van der Waals surface area contributed by atoms with Crippen molar-refractivity contribution in [1.82, 2.24) is 20.4 Å². The third-order valence-corrected chi connectivity index (χ3v) is 4.91. The first-order valence-corrected chi connectivity index (χ1v) is 9.73. The molecule has 0 spiro atoms. The Labute approximate surface area is 166 Å². The summed E-state index contributed by atoms with van der Waals surface area (Å²) in [4.78, 5) is 12.1. The highest BCUT2D eigenvalue weighted by molar-refractivity contribution is 7.15. The van der Waals surface area contributed by atoms with E-state index in [4.69, 9.17) is 17.3 Å². The van der Waals surface area contributed by atoms with Gasteiger partial charge in [0.2, 0.25) is 11.0 Å². The van der Waals surface area contributed by atoms with E-state index in [1.165, 1.54) is 11.3 Å². The second-order valence-electron chi connectivity index (χ2n) is 6.01. The summed E-state index contributed by atoms with van der Waals surface area (Å²) in [6.07, 6.45) is 3.82. The van der Waals surface area contributed by atoms with Crippen LogP contribution in [-0.2, 0) is 24.1 Å². The van der Waals surface area contributed by atoms with Crippen LogP contribution in [0.15, 0.2) is 36.4 Å². The van der Waals surface area contributed by atoms with Crippen molar-refractivity contribution in [3.05, 3.63) is 57.7 Å². The van der Waals surface area contributed by atoms with Crippen LogP contribution < -0.4 is 11.1 Å². The van der Waals surface area contributed by atoms with Gasteiger partial charge in [-0.15, -0.1) is 15.3 Å². The molecule has 3 aromatic rings. The lowest BCUT2D eigenvalue weighted by Crippen LogP contribution is -2.14. The molecule has 0 unspecified atom stereocenters. The van der Waals surface area contributed by atoms with Crippen molar-refractivity contribution >= 4 is 39.8 Å². The summed E-state index contributed by atoms with van der Waals surface area (Å²) in [6.45, 7) is 0. The summed E-state index contributed by atoms with van der Waals surface area (Å²) in [6, 6.07) is 10.9. The average Bonchev–Trinajstić information content (AvgIpc) is 3.07. The number of nitrogens with two attached hydrogens (primary N) is 1. The molecule has 3 rings (SSSR count). The number of nitrogens with one attached hydrogen (secondary N) is 1. The number of hydrogen-bond donors (Lipinski definition) is 2. The first kappa shape index (κ1) is 19.2. The molecule has 140 valence electrons. The number of amides is 1. The van der Waals surface area contributed by atoms with Gasteiger partial charge < -0.3 is 11.1 Å². The first-order chi connectivity index (χ1) is 13.1. The van der Waals surface area contributed by atoms with Crippen LogP contribution in [0.2, 0.25) is 5.02 Å². The van der Waals surface area contributed by atoms with E-state index in [0.29, 0.717) is 16.0 Å². The number of carbonyl (C=O) groups excluding carboxylic acids is 1. The van der Waals surface area contributed by atoms with Gasteiger partial charge in [-0.25, -0.2) is 0 Å². The fourth-order valence-corrected chi connectivity index (χ4v) is 3.50. The van der Waals surface area contributed by atoms with Gasteiger partial charge in [0.25, 0.3) is 0 Å². The summed E-state index contributed by atoms with van der Waals surface area (Å²) in [7, 11) is 0. The number of nitrogens with zero attached hydrogens (tertiary/aromatic N) is 4. The highest BCUT2D eigenvalue weighted by atomic mass is 35.5. The molecular weight excluding hydrogens is 384 g/mol. The number of hydrogen-bond acceptors (Lipinski definition) is 7. The van der Waals surface area contributed by atoms with E-state index in [1.807, 2.05) is 18.2 Å². The molecule has 0 aliphatic rings. The Balaban J connectivity index is 1.41. The zero-order valence-electron chi connectivity index (χ0n) is 14.6. The van der Waals surface area contributed by atoms with E-state index >= 15 is 0 Å². The van der Waals surface area contributed by atoms with Crippen molar-refractivity contribution in [1.29, 1.82) is 0 Å². The van der Waals surface area contributed by atoms with Crippen LogP contribution in [0, 0.1) is 0 Å². The van der Waals surface area contributed by atoms with Crippen LogP contribution in [-0.4, -0.2) is 26.3 Å². The quantitative estimate of drug-likeness (QED) is 0.560. The Kier molecular flexibility index (Phi) is 6.67. The maximum atomic E-state index is 12.1. The predicted molar refractivity (Wildman–Crippen MR) is 107 cm³/mol. The lowest BCUT2D eigenvalue weighted by Gasteiger charge is -2.02. The second kappa shape index (κ2) is 9.38. The molecule has 0 fully saturated rings. The van der Waals surface area contributed by atoms with Crippen LogP contribution in [0.3, 0.4) is 0 Å². The molecular formula is C18H19ClN6OS. The van der Waals surface area contributed by atoms with Crippen LogP contribution in [0.4, 0.5) is 10.9 Å². The molecule has 2 heterocycles. The van der Waals surface area contributed by atoms with Gasteiger partial charge in [-0.1, -0.05) is 35.1 Å². The number of carbonyl (C=O) groups is 1. The Bertz CT molecular complexity index is 899. The first-order valence-electron chi connectivity index (χ1n) is 8.53. The number of nitrogen functional groups attached to an aromatic ring is 1. The van der Waals surface area contributed by atoms with Crippen LogP contribution >= 0.6 is 22.9 Å². The number of aromatic nitrogens is 4. The number of aryl methyl sites for hydroxylation is 2. The lowest BCUT2D eigenvalue weighted by atomic mass is 10.1. The van der Waals surface area contributed by atoms with Crippen molar-refractivity contribution in [3.8, 4) is 0 Å². The van der Waals surface area contributed by atoms with Crippen LogP contribution in [0.1, 0.15) is 29.1 Å². The van der Waals surface area contributed by atoms with Crippen molar-refractivity contribution in [2.45, 2.75) is 32.1 Å². The largest absolute Gasteiger partial charge is 0.382 e. The smallest absolute Gasteiger partial charge is 0.230 e. The van der Waals surface area contributed by atoms with E-state index in [1.54, 1.807) is 18.2 Å². The van der Waals surface area contributed by atoms with Crippen molar-refractivity contribution in [3.63, 3.8) is 0 Å². The minimum absolute atomic E-state index is 0.137. The standard InChI is InChI=1S/C18H19ClN6OS/c19-13-5-3-4-12(10-13)11-16(26)21-18-25-24-17(27-18)7-2-1-6-14-8-9-15(20)23-22-14/h3-5,8-10H,1-2,6-7,11H2,(H2,20,23)(H,21,25,26). The second-order valence-corrected chi connectivity index (χ2v) is 7.51. The van der Waals surface area contributed by atoms with Gasteiger partial charge in [-0.05, 0) is 49.1 Å². The molecule has 0 saturated heterocycles. The molecule has 1 aromatic carbocycles. The number of anilines is 2. The van der Waals surface area contributed by atoms with Gasteiger partial charge in [0.1, 0.15) is 10.8 Å². The summed E-state index contributed by atoms with van der Waals surface area (Å²) in [5.41, 5.74) is 7.30. The Morgan fingerprint density at radius 2 is 1.93 bits per heavy atom. The topological polar surface area (TPSA) is 107 Å². The van der Waals surface area contributed by atoms with Crippen molar-refractivity contribution in [2.24, 2.45) is 0 Å². The van der Waals surface area contributed by atoms with E-state index < -0.39 is 0 Å². The van der Waals surface area contributed by atoms with E-state index in [9.17, 15) is 4.79 Å². The molecule has 0 radical (unpaired) electrons. The maximum absolute atomic E-state index is 12.1. The number of unbranched alkanes of at least 4 members (excludes halogenated alkanes) is 1. The van der Waals surface area contributed by atoms with Crippen molar-refractivity contribution < 1.29 is 4.79 Å². The molecule has 0 aliphatic carbocycles. The minimum atomic E-state index is -0.137. The number of benzene rings is 1. The summed E-state index contributed by atoms with van der Waals surface area (Å²) in [5.74, 6) is 0.291. The van der Waals surface area contributed by atoms with Gasteiger partial charge in [-0.2, -0.15) is 5.10 Å². The normalized spacial score (nSPS) is 10.7. The molecule has 1 amide bonds. The highest BCUT2D eigenvalue weighted by Gasteiger charge is 2.09. The van der Waals surface area contributed by atoms with Crippen LogP contribution in [0.5, 0.6) is 0 Å². The minimum Gasteiger partial charge on any atom is -0.382 e. The zero-order chi connectivity index (χ0) is 19.1. The van der Waals surface area contributed by atoms with Gasteiger partial charge in [0, 0.05) is 11.4 Å². The van der Waals surface area contributed by atoms with E-state index in [0.717, 1.165) is 41.9 Å². The fraction of sp³-hybridized carbons (Fsp3) is 0.278. The number of rotatable bonds is 8. The van der Waals surface area contributed by atoms with Crippen molar-refractivity contribution in [2.75, 3.05) is 11.1 Å². The molecule has 0 aliphatic heterocycles. The molecule has 7 nitrogen and oxygen atoms in total. The average molecular weight is 403 g/mol. The van der Waals surface area contributed by atoms with Gasteiger partial charge >= 0.3 is 0 Å². The Morgan fingerprint density at radius 1 is 1.07 bits per heavy atom. The Hall–Kier alpha value is -2.58. The third kappa shape index (κ3) is 6.26. The Morgan fingerprint density at radius 3 is 2.70 bits per heavy atom. The summed E-state index contributed by atoms with van der Waals surface area (Å²) >= 11 is 7.33.